The Hall–Kier alpha value is -0.830. The zero-order chi connectivity index (χ0) is 9.35. The normalized spacial score (nSPS) is 11.6. The number of sulfone groups is 1. The molecule has 2 nitrogen and oxygen atoms in total. The summed E-state index contributed by atoms with van der Waals surface area (Å²) >= 11 is 0. The van der Waals surface area contributed by atoms with Gasteiger partial charge in [-0.25, -0.2) is 8.42 Å². The molecule has 1 aromatic carbocycles. The monoisotopic (exact) mass is 184 g/mol. The molecule has 0 amide bonds. The van der Waals surface area contributed by atoms with Gasteiger partial charge in [0, 0.05) is 6.26 Å². The summed E-state index contributed by atoms with van der Waals surface area (Å²) in [4.78, 5) is 0.424. The van der Waals surface area contributed by atoms with Gasteiger partial charge in [0.1, 0.15) is 0 Å². The van der Waals surface area contributed by atoms with Gasteiger partial charge in [0.15, 0.2) is 9.84 Å². The molecule has 66 valence electrons. The molecule has 0 spiro atoms. The lowest BCUT2D eigenvalue weighted by Gasteiger charge is -2.03. The molecular formula is C9H12O2S. The largest absolute Gasteiger partial charge is 0.224 e. The van der Waals surface area contributed by atoms with Crippen molar-refractivity contribution >= 4 is 9.84 Å². The maximum Gasteiger partial charge on any atom is 0.175 e. The second-order valence-electron chi connectivity index (χ2n) is 3.04. The minimum absolute atomic E-state index is 0.424. The van der Waals surface area contributed by atoms with Crippen LogP contribution >= 0.6 is 0 Å². The fourth-order valence-corrected chi connectivity index (χ4v) is 2.17. The zero-order valence-corrected chi connectivity index (χ0v) is 8.27. The van der Waals surface area contributed by atoms with E-state index in [0.717, 1.165) is 11.1 Å². The third kappa shape index (κ3) is 1.85. The maximum absolute atomic E-state index is 11.2. The van der Waals surface area contributed by atoms with E-state index in [-0.39, 0.29) is 0 Å². The molecule has 0 atom stereocenters. The molecule has 3 heteroatoms. The Kier molecular flexibility index (Phi) is 2.24. The van der Waals surface area contributed by atoms with E-state index < -0.39 is 9.84 Å². The van der Waals surface area contributed by atoms with Gasteiger partial charge in [-0.3, -0.25) is 0 Å². The lowest BCUT2D eigenvalue weighted by Crippen LogP contribution is -1.99. The average Bonchev–Trinajstić information content (AvgIpc) is 1.83. The summed E-state index contributed by atoms with van der Waals surface area (Å²) in [5.74, 6) is 0. The summed E-state index contributed by atoms with van der Waals surface area (Å²) in [5, 5.41) is 0. The van der Waals surface area contributed by atoms with Crippen LogP contribution in [0.2, 0.25) is 0 Å². The zero-order valence-electron chi connectivity index (χ0n) is 7.46. The topological polar surface area (TPSA) is 34.1 Å². The Morgan fingerprint density at radius 3 is 2.17 bits per heavy atom. The standard InChI is InChI=1S/C9H12O2S/c1-7-4-5-9(8(2)6-7)12(3,10)11/h4-6H,1-3H3. The molecule has 0 fully saturated rings. The van der Waals surface area contributed by atoms with Crippen molar-refractivity contribution in [2.75, 3.05) is 6.26 Å². The lowest BCUT2D eigenvalue weighted by molar-refractivity contribution is 0.601. The van der Waals surface area contributed by atoms with E-state index in [9.17, 15) is 8.42 Å². The highest BCUT2D eigenvalue weighted by Gasteiger charge is 2.09. The SMILES string of the molecule is Cc1ccc(S(C)(=O)=O)c(C)c1. The minimum Gasteiger partial charge on any atom is -0.224 e. The van der Waals surface area contributed by atoms with Crippen molar-refractivity contribution in [2.45, 2.75) is 18.7 Å². The fourth-order valence-electron chi connectivity index (χ4n) is 1.22. The highest BCUT2D eigenvalue weighted by molar-refractivity contribution is 7.90. The Bertz CT molecular complexity index is 391. The summed E-state index contributed by atoms with van der Waals surface area (Å²) in [6, 6.07) is 5.33. The molecule has 0 bridgehead atoms. The molecule has 1 rings (SSSR count). The molecule has 0 aliphatic heterocycles. The van der Waals surface area contributed by atoms with Crippen LogP contribution in [-0.4, -0.2) is 14.7 Å². The lowest BCUT2D eigenvalue weighted by atomic mass is 10.2. The van der Waals surface area contributed by atoms with Gasteiger partial charge in [0.2, 0.25) is 0 Å². The van der Waals surface area contributed by atoms with E-state index in [0.29, 0.717) is 4.90 Å². The van der Waals surface area contributed by atoms with Gasteiger partial charge in [-0.15, -0.1) is 0 Å². The van der Waals surface area contributed by atoms with Crippen molar-refractivity contribution in [1.29, 1.82) is 0 Å². The first-order valence-electron chi connectivity index (χ1n) is 3.68. The average molecular weight is 184 g/mol. The van der Waals surface area contributed by atoms with E-state index in [4.69, 9.17) is 0 Å². The van der Waals surface area contributed by atoms with Gasteiger partial charge >= 0.3 is 0 Å². The van der Waals surface area contributed by atoms with Crippen molar-refractivity contribution in [3.8, 4) is 0 Å². The number of hydrogen-bond acceptors (Lipinski definition) is 2. The van der Waals surface area contributed by atoms with Crippen LogP contribution in [0.4, 0.5) is 0 Å². The highest BCUT2D eigenvalue weighted by Crippen LogP contribution is 2.15. The van der Waals surface area contributed by atoms with E-state index in [1.165, 1.54) is 6.26 Å². The van der Waals surface area contributed by atoms with Crippen LogP contribution in [-0.2, 0) is 9.84 Å². The van der Waals surface area contributed by atoms with Crippen molar-refractivity contribution in [1.82, 2.24) is 0 Å². The summed E-state index contributed by atoms with van der Waals surface area (Å²) in [6.07, 6.45) is 1.23. The Balaban J connectivity index is 3.39. The molecule has 0 unspecified atom stereocenters. The molecule has 1 aromatic rings. The third-order valence-electron chi connectivity index (χ3n) is 1.73. The van der Waals surface area contributed by atoms with Crippen LogP contribution in [0.1, 0.15) is 11.1 Å². The molecule has 0 saturated heterocycles. The third-order valence-corrected chi connectivity index (χ3v) is 2.99. The predicted octanol–water partition coefficient (Wildman–Crippen LogP) is 1.71. The Labute approximate surface area is 73.2 Å². The maximum atomic E-state index is 11.2. The molecule has 0 aliphatic carbocycles. The molecule has 0 radical (unpaired) electrons. The molecule has 0 heterocycles. The number of rotatable bonds is 1. The van der Waals surface area contributed by atoms with Crippen LogP contribution < -0.4 is 0 Å². The van der Waals surface area contributed by atoms with Gasteiger partial charge in [-0.1, -0.05) is 17.7 Å². The summed E-state index contributed by atoms with van der Waals surface area (Å²) in [5.41, 5.74) is 1.90. The van der Waals surface area contributed by atoms with Crippen LogP contribution in [0.5, 0.6) is 0 Å². The van der Waals surface area contributed by atoms with Crippen LogP contribution in [0.3, 0.4) is 0 Å². The van der Waals surface area contributed by atoms with E-state index in [1.807, 2.05) is 26.0 Å². The molecule has 0 aliphatic rings. The van der Waals surface area contributed by atoms with Crippen molar-refractivity contribution in [3.05, 3.63) is 29.3 Å². The van der Waals surface area contributed by atoms with E-state index in [2.05, 4.69) is 0 Å². The first-order chi connectivity index (χ1) is 5.41. The molecule has 0 N–H and O–H groups in total. The summed E-state index contributed by atoms with van der Waals surface area (Å²) in [7, 11) is -3.05. The number of hydrogen-bond donors (Lipinski definition) is 0. The van der Waals surface area contributed by atoms with Gasteiger partial charge in [0.25, 0.3) is 0 Å². The van der Waals surface area contributed by atoms with Gasteiger partial charge in [-0.05, 0) is 25.5 Å². The predicted molar refractivity (Wildman–Crippen MR) is 49.0 cm³/mol. The second kappa shape index (κ2) is 2.90. The first kappa shape index (κ1) is 9.26. The van der Waals surface area contributed by atoms with Crippen molar-refractivity contribution in [3.63, 3.8) is 0 Å². The summed E-state index contributed by atoms with van der Waals surface area (Å²) < 4.78 is 22.3. The second-order valence-corrected chi connectivity index (χ2v) is 5.03. The van der Waals surface area contributed by atoms with E-state index in [1.54, 1.807) is 6.07 Å². The number of aryl methyl sites for hydroxylation is 2. The fraction of sp³-hybridized carbons (Fsp3) is 0.333. The molecule has 0 saturated carbocycles. The van der Waals surface area contributed by atoms with E-state index >= 15 is 0 Å². The first-order valence-corrected chi connectivity index (χ1v) is 5.58. The quantitative estimate of drug-likeness (QED) is 0.665. The van der Waals surface area contributed by atoms with Crippen molar-refractivity contribution in [2.24, 2.45) is 0 Å². The Morgan fingerprint density at radius 2 is 1.75 bits per heavy atom. The van der Waals surface area contributed by atoms with Crippen molar-refractivity contribution < 1.29 is 8.42 Å². The number of benzene rings is 1. The molecular weight excluding hydrogens is 172 g/mol. The molecule has 0 aromatic heterocycles. The van der Waals surface area contributed by atoms with Crippen LogP contribution in [0.15, 0.2) is 23.1 Å². The Morgan fingerprint density at radius 1 is 1.17 bits per heavy atom. The van der Waals surface area contributed by atoms with Gasteiger partial charge < -0.3 is 0 Å². The summed E-state index contributed by atoms with van der Waals surface area (Å²) in [6.45, 7) is 3.75. The van der Waals surface area contributed by atoms with Crippen LogP contribution in [0.25, 0.3) is 0 Å². The highest BCUT2D eigenvalue weighted by atomic mass is 32.2. The van der Waals surface area contributed by atoms with Gasteiger partial charge in [-0.2, -0.15) is 0 Å². The smallest absolute Gasteiger partial charge is 0.175 e. The minimum atomic E-state index is -3.05. The van der Waals surface area contributed by atoms with Gasteiger partial charge in [0.05, 0.1) is 4.90 Å². The molecule has 12 heavy (non-hydrogen) atoms. The van der Waals surface area contributed by atoms with Crippen LogP contribution in [0, 0.1) is 13.8 Å².